The molecule has 0 aliphatic carbocycles. The zero-order valence-corrected chi connectivity index (χ0v) is 7.54. The topological polar surface area (TPSA) is 41.6 Å². The zero-order valence-electron chi connectivity index (χ0n) is 7.54. The standard InChI is InChI=1S/C9H13N3/c1-3-12-9(5-4-6-10)7-8(2)11-12/h7H,3-5H2,1-2H3. The summed E-state index contributed by atoms with van der Waals surface area (Å²) in [6.07, 6.45) is 1.39. The summed E-state index contributed by atoms with van der Waals surface area (Å²) >= 11 is 0. The van der Waals surface area contributed by atoms with Gasteiger partial charge in [0, 0.05) is 25.1 Å². The maximum absolute atomic E-state index is 8.42. The van der Waals surface area contributed by atoms with Gasteiger partial charge < -0.3 is 0 Å². The lowest BCUT2D eigenvalue weighted by Crippen LogP contribution is -2.02. The molecule has 0 aliphatic heterocycles. The van der Waals surface area contributed by atoms with Crippen LogP contribution in [0.15, 0.2) is 6.07 Å². The molecule has 0 unspecified atom stereocenters. The van der Waals surface area contributed by atoms with E-state index in [1.807, 2.05) is 17.7 Å². The summed E-state index contributed by atoms with van der Waals surface area (Å²) < 4.78 is 1.95. The third-order valence-corrected chi connectivity index (χ3v) is 1.78. The zero-order chi connectivity index (χ0) is 8.97. The van der Waals surface area contributed by atoms with E-state index in [9.17, 15) is 0 Å². The van der Waals surface area contributed by atoms with Crippen LogP contribution >= 0.6 is 0 Å². The molecule has 0 bridgehead atoms. The van der Waals surface area contributed by atoms with Crippen LogP contribution in [0.3, 0.4) is 0 Å². The van der Waals surface area contributed by atoms with Crippen LogP contribution in [0.1, 0.15) is 24.7 Å². The van der Waals surface area contributed by atoms with Crippen molar-refractivity contribution in [1.29, 1.82) is 5.26 Å². The van der Waals surface area contributed by atoms with E-state index in [0.29, 0.717) is 6.42 Å². The lowest BCUT2D eigenvalue weighted by atomic mass is 10.2. The van der Waals surface area contributed by atoms with Crippen molar-refractivity contribution in [3.8, 4) is 6.07 Å². The second-order valence-corrected chi connectivity index (χ2v) is 2.75. The van der Waals surface area contributed by atoms with Gasteiger partial charge in [0.05, 0.1) is 11.8 Å². The second-order valence-electron chi connectivity index (χ2n) is 2.75. The largest absolute Gasteiger partial charge is 0.270 e. The van der Waals surface area contributed by atoms with Crippen LogP contribution in [0.2, 0.25) is 0 Å². The van der Waals surface area contributed by atoms with Crippen molar-refractivity contribution in [3.63, 3.8) is 0 Å². The van der Waals surface area contributed by atoms with E-state index >= 15 is 0 Å². The van der Waals surface area contributed by atoms with Crippen molar-refractivity contribution in [2.24, 2.45) is 0 Å². The van der Waals surface area contributed by atoms with Gasteiger partial charge in [-0.2, -0.15) is 10.4 Å². The van der Waals surface area contributed by atoms with Crippen LogP contribution in [0.4, 0.5) is 0 Å². The Morgan fingerprint density at radius 1 is 1.67 bits per heavy atom. The number of nitriles is 1. The Hall–Kier alpha value is -1.30. The van der Waals surface area contributed by atoms with Gasteiger partial charge in [0.15, 0.2) is 0 Å². The van der Waals surface area contributed by atoms with Crippen molar-refractivity contribution in [2.75, 3.05) is 0 Å². The molecular formula is C9H13N3. The van der Waals surface area contributed by atoms with E-state index in [1.54, 1.807) is 0 Å². The summed E-state index contributed by atoms with van der Waals surface area (Å²) in [5.74, 6) is 0. The summed E-state index contributed by atoms with van der Waals surface area (Å²) in [6, 6.07) is 4.18. The number of rotatable bonds is 3. The molecule has 0 aliphatic rings. The molecule has 1 rings (SSSR count). The van der Waals surface area contributed by atoms with Crippen molar-refractivity contribution in [1.82, 2.24) is 9.78 Å². The third kappa shape index (κ3) is 1.85. The molecule has 0 saturated carbocycles. The van der Waals surface area contributed by atoms with Gasteiger partial charge >= 0.3 is 0 Å². The highest BCUT2D eigenvalue weighted by atomic mass is 15.3. The summed E-state index contributed by atoms with van der Waals surface area (Å²) in [7, 11) is 0. The molecule has 0 radical (unpaired) electrons. The molecular weight excluding hydrogens is 150 g/mol. The SMILES string of the molecule is CCn1nc(C)cc1CCC#N. The fourth-order valence-corrected chi connectivity index (χ4v) is 1.26. The molecule has 1 aromatic heterocycles. The first-order valence-electron chi connectivity index (χ1n) is 4.18. The van der Waals surface area contributed by atoms with Gasteiger partial charge in [-0.25, -0.2) is 0 Å². The summed E-state index contributed by atoms with van der Waals surface area (Å²) in [6.45, 7) is 4.92. The molecule has 0 fully saturated rings. The van der Waals surface area contributed by atoms with Crippen LogP contribution < -0.4 is 0 Å². The quantitative estimate of drug-likeness (QED) is 0.680. The lowest BCUT2D eigenvalue weighted by Gasteiger charge is -2.00. The Balaban J connectivity index is 2.76. The predicted octanol–water partition coefficient (Wildman–Crippen LogP) is 1.67. The normalized spacial score (nSPS) is 9.75. The third-order valence-electron chi connectivity index (χ3n) is 1.78. The molecule has 0 atom stereocenters. The van der Waals surface area contributed by atoms with Crippen molar-refractivity contribution in [2.45, 2.75) is 33.2 Å². The van der Waals surface area contributed by atoms with Gasteiger partial charge in [-0.1, -0.05) is 0 Å². The number of aryl methyl sites for hydroxylation is 3. The first-order chi connectivity index (χ1) is 5.77. The molecule has 1 aromatic rings. The van der Waals surface area contributed by atoms with Gasteiger partial charge in [-0.05, 0) is 19.9 Å². The first kappa shape index (κ1) is 8.79. The van der Waals surface area contributed by atoms with Crippen molar-refractivity contribution in [3.05, 3.63) is 17.5 Å². The predicted molar refractivity (Wildman–Crippen MR) is 46.6 cm³/mol. The molecule has 0 saturated heterocycles. The molecule has 3 heteroatoms. The molecule has 1 heterocycles. The highest BCUT2D eigenvalue weighted by molar-refractivity contribution is 5.09. The average Bonchev–Trinajstić information content (AvgIpc) is 2.42. The Bertz CT molecular complexity index is 293. The van der Waals surface area contributed by atoms with Crippen LogP contribution in [-0.4, -0.2) is 9.78 Å². The minimum Gasteiger partial charge on any atom is -0.270 e. The molecule has 3 nitrogen and oxygen atoms in total. The maximum atomic E-state index is 8.42. The van der Waals surface area contributed by atoms with Gasteiger partial charge in [0.25, 0.3) is 0 Å². The molecule has 12 heavy (non-hydrogen) atoms. The van der Waals surface area contributed by atoms with Gasteiger partial charge in [-0.3, -0.25) is 4.68 Å². The van der Waals surface area contributed by atoms with Crippen LogP contribution in [0.5, 0.6) is 0 Å². The van der Waals surface area contributed by atoms with Gasteiger partial charge in [0.1, 0.15) is 0 Å². The lowest BCUT2D eigenvalue weighted by molar-refractivity contribution is 0.616. The summed E-state index contributed by atoms with van der Waals surface area (Å²) in [5, 5.41) is 12.7. The Kier molecular flexibility index (Phi) is 2.87. The van der Waals surface area contributed by atoms with E-state index < -0.39 is 0 Å². The maximum Gasteiger partial charge on any atom is 0.0625 e. The van der Waals surface area contributed by atoms with Crippen LogP contribution in [0, 0.1) is 18.3 Å². The molecule has 0 N–H and O–H groups in total. The highest BCUT2D eigenvalue weighted by Gasteiger charge is 2.02. The minimum absolute atomic E-state index is 0.575. The van der Waals surface area contributed by atoms with Crippen molar-refractivity contribution < 1.29 is 0 Å². The van der Waals surface area contributed by atoms with E-state index in [2.05, 4.69) is 18.1 Å². The van der Waals surface area contributed by atoms with E-state index in [-0.39, 0.29) is 0 Å². The molecule has 0 aromatic carbocycles. The number of hydrogen-bond donors (Lipinski definition) is 0. The van der Waals surface area contributed by atoms with E-state index in [4.69, 9.17) is 5.26 Å². The summed E-state index contributed by atoms with van der Waals surface area (Å²) in [5.41, 5.74) is 2.20. The van der Waals surface area contributed by atoms with Crippen molar-refractivity contribution >= 4 is 0 Å². The first-order valence-corrected chi connectivity index (χ1v) is 4.18. The smallest absolute Gasteiger partial charge is 0.0625 e. The van der Waals surface area contributed by atoms with Crippen LogP contribution in [-0.2, 0) is 13.0 Å². The number of hydrogen-bond acceptors (Lipinski definition) is 2. The fraction of sp³-hybridized carbons (Fsp3) is 0.556. The fourth-order valence-electron chi connectivity index (χ4n) is 1.26. The van der Waals surface area contributed by atoms with E-state index in [0.717, 1.165) is 24.4 Å². The average molecular weight is 163 g/mol. The van der Waals surface area contributed by atoms with E-state index in [1.165, 1.54) is 0 Å². The van der Waals surface area contributed by atoms with Gasteiger partial charge in [-0.15, -0.1) is 0 Å². The van der Waals surface area contributed by atoms with Gasteiger partial charge in [0.2, 0.25) is 0 Å². The second kappa shape index (κ2) is 3.91. The Morgan fingerprint density at radius 2 is 2.42 bits per heavy atom. The molecule has 64 valence electrons. The minimum atomic E-state index is 0.575. The summed E-state index contributed by atoms with van der Waals surface area (Å²) in [4.78, 5) is 0. The monoisotopic (exact) mass is 163 g/mol. The number of aromatic nitrogens is 2. The Morgan fingerprint density at radius 3 is 3.00 bits per heavy atom. The highest BCUT2D eigenvalue weighted by Crippen LogP contribution is 2.05. The Labute approximate surface area is 72.6 Å². The molecule has 0 amide bonds. The number of nitrogens with zero attached hydrogens (tertiary/aromatic N) is 3. The molecule has 0 spiro atoms. The van der Waals surface area contributed by atoms with Crippen LogP contribution in [0.25, 0.3) is 0 Å².